The summed E-state index contributed by atoms with van der Waals surface area (Å²) in [6, 6.07) is 5.11. The van der Waals surface area contributed by atoms with Crippen molar-refractivity contribution in [2.45, 2.75) is 32.3 Å². The summed E-state index contributed by atoms with van der Waals surface area (Å²) in [7, 11) is 0. The first-order chi connectivity index (χ1) is 7.59. The van der Waals surface area contributed by atoms with E-state index in [1.165, 1.54) is 0 Å². The Bertz CT molecular complexity index is 380. The van der Waals surface area contributed by atoms with Crippen LogP contribution in [0, 0.1) is 17.7 Å². The molecular formula is C13H16ClFO. The summed E-state index contributed by atoms with van der Waals surface area (Å²) in [5.41, 5.74) is 0.665. The first-order valence-corrected chi connectivity index (χ1v) is 6.08. The van der Waals surface area contributed by atoms with Gasteiger partial charge in [0.15, 0.2) is 0 Å². The SMILES string of the molecule is CC1C(O)CCC1Cc1cccc(Cl)c1F. The van der Waals surface area contributed by atoms with Crippen molar-refractivity contribution in [3.05, 3.63) is 34.6 Å². The highest BCUT2D eigenvalue weighted by atomic mass is 35.5. The third kappa shape index (κ3) is 2.23. The number of hydrogen-bond acceptors (Lipinski definition) is 1. The van der Waals surface area contributed by atoms with E-state index in [0.717, 1.165) is 12.8 Å². The largest absolute Gasteiger partial charge is 0.393 e. The minimum absolute atomic E-state index is 0.184. The second kappa shape index (κ2) is 4.72. The molecule has 1 N–H and O–H groups in total. The van der Waals surface area contributed by atoms with Crippen LogP contribution in [0.1, 0.15) is 25.3 Å². The number of benzene rings is 1. The molecule has 3 unspecified atom stereocenters. The molecule has 1 aliphatic rings. The number of aliphatic hydroxyl groups is 1. The molecule has 16 heavy (non-hydrogen) atoms. The van der Waals surface area contributed by atoms with E-state index in [1.54, 1.807) is 18.2 Å². The van der Waals surface area contributed by atoms with Gasteiger partial charge < -0.3 is 5.11 Å². The average Bonchev–Trinajstić information content (AvgIpc) is 2.57. The normalized spacial score (nSPS) is 29.6. The van der Waals surface area contributed by atoms with E-state index in [9.17, 15) is 9.50 Å². The number of aliphatic hydroxyl groups excluding tert-OH is 1. The number of rotatable bonds is 2. The highest BCUT2D eigenvalue weighted by Crippen LogP contribution is 2.35. The van der Waals surface area contributed by atoms with Gasteiger partial charge in [-0.1, -0.05) is 30.7 Å². The lowest BCUT2D eigenvalue weighted by Gasteiger charge is -2.17. The Morgan fingerprint density at radius 1 is 1.44 bits per heavy atom. The molecule has 0 aromatic heterocycles. The van der Waals surface area contributed by atoms with Crippen molar-refractivity contribution < 1.29 is 9.50 Å². The van der Waals surface area contributed by atoms with Crippen molar-refractivity contribution in [2.75, 3.05) is 0 Å². The molecule has 1 aliphatic carbocycles. The lowest BCUT2D eigenvalue weighted by molar-refractivity contribution is 0.127. The van der Waals surface area contributed by atoms with Crippen LogP contribution < -0.4 is 0 Å². The molecule has 0 aliphatic heterocycles. The maximum Gasteiger partial charge on any atom is 0.144 e. The van der Waals surface area contributed by atoms with Gasteiger partial charge in [0.25, 0.3) is 0 Å². The van der Waals surface area contributed by atoms with Gasteiger partial charge in [0.2, 0.25) is 0 Å². The molecule has 1 saturated carbocycles. The molecule has 88 valence electrons. The highest BCUT2D eigenvalue weighted by molar-refractivity contribution is 6.30. The summed E-state index contributed by atoms with van der Waals surface area (Å²) in [5, 5.41) is 9.83. The van der Waals surface area contributed by atoms with Crippen molar-refractivity contribution in [3.8, 4) is 0 Å². The van der Waals surface area contributed by atoms with Crippen molar-refractivity contribution in [1.29, 1.82) is 0 Å². The minimum Gasteiger partial charge on any atom is -0.393 e. The predicted molar refractivity (Wildman–Crippen MR) is 63.0 cm³/mol. The molecule has 2 rings (SSSR count). The Morgan fingerprint density at radius 2 is 2.19 bits per heavy atom. The van der Waals surface area contributed by atoms with Crippen LogP contribution in [-0.2, 0) is 6.42 Å². The Hall–Kier alpha value is -0.600. The molecule has 0 heterocycles. The van der Waals surface area contributed by atoms with Crippen LogP contribution in [0.15, 0.2) is 18.2 Å². The van der Waals surface area contributed by atoms with Crippen molar-refractivity contribution >= 4 is 11.6 Å². The first kappa shape index (κ1) is 11.9. The van der Waals surface area contributed by atoms with Crippen molar-refractivity contribution in [3.63, 3.8) is 0 Å². The zero-order chi connectivity index (χ0) is 11.7. The lowest BCUT2D eigenvalue weighted by atomic mass is 9.90. The second-order valence-corrected chi connectivity index (χ2v) is 5.09. The van der Waals surface area contributed by atoms with Crippen molar-refractivity contribution in [2.24, 2.45) is 11.8 Å². The molecule has 0 spiro atoms. The van der Waals surface area contributed by atoms with E-state index in [1.807, 2.05) is 6.92 Å². The van der Waals surface area contributed by atoms with Gasteiger partial charge in [-0.2, -0.15) is 0 Å². The number of hydrogen-bond donors (Lipinski definition) is 1. The molecule has 0 amide bonds. The van der Waals surface area contributed by atoms with Crippen LogP contribution in [0.3, 0.4) is 0 Å². The smallest absolute Gasteiger partial charge is 0.144 e. The summed E-state index contributed by atoms with van der Waals surface area (Å²) < 4.78 is 13.7. The summed E-state index contributed by atoms with van der Waals surface area (Å²) in [6.45, 7) is 2.03. The zero-order valence-corrected chi connectivity index (χ0v) is 10.0. The second-order valence-electron chi connectivity index (χ2n) is 4.68. The van der Waals surface area contributed by atoms with Gasteiger partial charge in [0.1, 0.15) is 5.82 Å². The summed E-state index contributed by atoms with van der Waals surface area (Å²) in [6.07, 6.45) is 2.24. The van der Waals surface area contributed by atoms with Crippen LogP contribution in [0.25, 0.3) is 0 Å². The quantitative estimate of drug-likeness (QED) is 0.843. The van der Waals surface area contributed by atoms with Gasteiger partial charge in [-0.15, -0.1) is 0 Å². The van der Waals surface area contributed by atoms with E-state index in [4.69, 9.17) is 11.6 Å². The molecule has 1 nitrogen and oxygen atoms in total. The van der Waals surface area contributed by atoms with Crippen LogP contribution in [0.5, 0.6) is 0 Å². The lowest BCUT2D eigenvalue weighted by Crippen LogP contribution is -2.17. The fourth-order valence-corrected chi connectivity index (χ4v) is 2.70. The fraction of sp³-hybridized carbons (Fsp3) is 0.538. The highest BCUT2D eigenvalue weighted by Gasteiger charge is 2.31. The topological polar surface area (TPSA) is 20.2 Å². The van der Waals surface area contributed by atoms with Gasteiger partial charge in [-0.05, 0) is 42.7 Å². The standard InChI is InChI=1S/C13H16ClFO/c1-8-9(5-6-12(8)16)7-10-3-2-4-11(14)13(10)15/h2-4,8-9,12,16H,5-7H2,1H3. The number of halogens is 2. The van der Waals surface area contributed by atoms with Crippen LogP contribution >= 0.6 is 11.6 Å². The predicted octanol–water partition coefficient (Wildman–Crippen LogP) is 3.43. The third-order valence-corrected chi connectivity index (χ3v) is 3.99. The van der Waals surface area contributed by atoms with Gasteiger partial charge in [0.05, 0.1) is 11.1 Å². The Morgan fingerprint density at radius 3 is 2.81 bits per heavy atom. The Labute approximate surface area is 100 Å². The summed E-state index contributed by atoms with van der Waals surface area (Å²) in [5.74, 6) is 0.305. The molecule has 3 atom stereocenters. The molecule has 0 saturated heterocycles. The zero-order valence-electron chi connectivity index (χ0n) is 9.29. The first-order valence-electron chi connectivity index (χ1n) is 5.70. The van der Waals surface area contributed by atoms with Crippen LogP contribution in [-0.4, -0.2) is 11.2 Å². The monoisotopic (exact) mass is 242 g/mol. The van der Waals surface area contributed by atoms with Crippen molar-refractivity contribution in [1.82, 2.24) is 0 Å². The van der Waals surface area contributed by atoms with E-state index in [2.05, 4.69) is 0 Å². The third-order valence-electron chi connectivity index (χ3n) is 3.70. The molecule has 1 aromatic carbocycles. The Kier molecular flexibility index (Phi) is 3.50. The Balaban J connectivity index is 2.12. The van der Waals surface area contributed by atoms with Gasteiger partial charge in [-0.25, -0.2) is 4.39 Å². The van der Waals surface area contributed by atoms with E-state index in [0.29, 0.717) is 17.9 Å². The summed E-state index contributed by atoms with van der Waals surface area (Å²) in [4.78, 5) is 0. The van der Waals surface area contributed by atoms with Gasteiger partial charge >= 0.3 is 0 Å². The minimum atomic E-state index is -0.308. The molecule has 1 aromatic rings. The van der Waals surface area contributed by atoms with Gasteiger partial charge in [0, 0.05) is 0 Å². The summed E-state index contributed by atoms with van der Waals surface area (Å²) >= 11 is 5.74. The van der Waals surface area contributed by atoms with Crippen LogP contribution in [0.4, 0.5) is 4.39 Å². The van der Waals surface area contributed by atoms with E-state index < -0.39 is 0 Å². The molecular weight excluding hydrogens is 227 g/mol. The molecule has 3 heteroatoms. The maximum absolute atomic E-state index is 13.7. The van der Waals surface area contributed by atoms with Gasteiger partial charge in [-0.3, -0.25) is 0 Å². The molecule has 0 bridgehead atoms. The maximum atomic E-state index is 13.7. The van der Waals surface area contributed by atoms with E-state index >= 15 is 0 Å². The molecule has 1 fully saturated rings. The fourth-order valence-electron chi connectivity index (χ4n) is 2.50. The molecule has 0 radical (unpaired) electrons. The van der Waals surface area contributed by atoms with Crippen LogP contribution in [0.2, 0.25) is 5.02 Å². The average molecular weight is 243 g/mol. The van der Waals surface area contributed by atoms with E-state index in [-0.39, 0.29) is 22.9 Å².